The highest BCUT2D eigenvalue weighted by Gasteiger charge is 2.21. The van der Waals surface area contributed by atoms with E-state index in [1.54, 1.807) is 18.9 Å². The van der Waals surface area contributed by atoms with Crippen LogP contribution in [-0.2, 0) is 22.5 Å². The molecule has 0 saturated heterocycles. The fourth-order valence-corrected chi connectivity index (χ4v) is 2.56. The Morgan fingerprint density at radius 2 is 2.14 bits per heavy atom. The lowest BCUT2D eigenvalue weighted by atomic mass is 10.1. The minimum atomic E-state index is -0.179. The summed E-state index contributed by atoms with van der Waals surface area (Å²) in [7, 11) is 1.64. The van der Waals surface area contributed by atoms with E-state index in [4.69, 9.17) is 4.74 Å². The normalized spacial score (nSPS) is 12.9. The van der Waals surface area contributed by atoms with Gasteiger partial charge in [0.2, 0.25) is 5.91 Å². The fraction of sp³-hybridized carbons (Fsp3) is 0.500. The molecule has 0 aliphatic carbocycles. The van der Waals surface area contributed by atoms with Crippen LogP contribution in [0.3, 0.4) is 0 Å². The molecule has 0 bridgehead atoms. The van der Waals surface area contributed by atoms with Gasteiger partial charge in [-0.1, -0.05) is 12.1 Å². The van der Waals surface area contributed by atoms with Gasteiger partial charge in [-0.2, -0.15) is 0 Å². The van der Waals surface area contributed by atoms with E-state index in [-0.39, 0.29) is 11.9 Å². The van der Waals surface area contributed by atoms with Crippen molar-refractivity contribution in [3.8, 4) is 0 Å². The van der Waals surface area contributed by atoms with Crippen LogP contribution in [0.1, 0.15) is 24.5 Å². The zero-order valence-corrected chi connectivity index (χ0v) is 13.1. The second-order valence-corrected chi connectivity index (χ2v) is 5.34. The largest absolute Gasteiger partial charge is 0.385 e. The lowest BCUT2D eigenvalue weighted by Gasteiger charge is -2.15. The Bertz CT molecular complexity index is 545. The lowest BCUT2D eigenvalue weighted by molar-refractivity contribution is -0.116. The monoisotopic (exact) mass is 305 g/mol. The maximum Gasteiger partial charge on any atom is 0.315 e. The van der Waals surface area contributed by atoms with Crippen molar-refractivity contribution >= 4 is 17.6 Å². The van der Waals surface area contributed by atoms with Gasteiger partial charge in [-0.15, -0.1) is 0 Å². The third-order valence-electron chi connectivity index (χ3n) is 3.68. The molecule has 1 aliphatic rings. The number of methoxy groups -OCH3 is 1. The summed E-state index contributed by atoms with van der Waals surface area (Å²) in [4.78, 5) is 24.9. The first kappa shape index (κ1) is 16.3. The number of urea groups is 1. The van der Waals surface area contributed by atoms with Crippen molar-refractivity contribution < 1.29 is 14.3 Å². The lowest BCUT2D eigenvalue weighted by Crippen LogP contribution is -2.35. The molecular weight excluding hydrogens is 282 g/mol. The molecule has 0 spiro atoms. The summed E-state index contributed by atoms with van der Waals surface area (Å²) in [6, 6.07) is 5.79. The molecule has 0 saturated carbocycles. The number of benzene rings is 1. The SMILES string of the molecule is COCCCNC(=O)NCc1ccc2c(c1)CCN2C(C)=O. The highest BCUT2D eigenvalue weighted by atomic mass is 16.5. The van der Waals surface area contributed by atoms with Crippen molar-refractivity contribution in [3.63, 3.8) is 0 Å². The Morgan fingerprint density at radius 1 is 1.32 bits per heavy atom. The Labute approximate surface area is 130 Å². The van der Waals surface area contributed by atoms with Crippen LogP contribution in [0.4, 0.5) is 10.5 Å². The van der Waals surface area contributed by atoms with Crippen LogP contribution in [0.25, 0.3) is 0 Å². The average molecular weight is 305 g/mol. The molecule has 1 aromatic carbocycles. The van der Waals surface area contributed by atoms with Crippen molar-refractivity contribution in [1.82, 2.24) is 10.6 Å². The minimum absolute atomic E-state index is 0.0695. The molecule has 6 nitrogen and oxygen atoms in total. The topological polar surface area (TPSA) is 70.7 Å². The summed E-state index contributed by atoms with van der Waals surface area (Å²) in [5, 5.41) is 5.61. The molecule has 22 heavy (non-hydrogen) atoms. The summed E-state index contributed by atoms with van der Waals surface area (Å²) in [5.41, 5.74) is 3.19. The number of amides is 3. The van der Waals surface area contributed by atoms with Crippen LogP contribution in [0.2, 0.25) is 0 Å². The number of anilines is 1. The third kappa shape index (κ3) is 4.21. The maximum atomic E-state index is 11.6. The van der Waals surface area contributed by atoms with Crippen molar-refractivity contribution in [2.24, 2.45) is 0 Å². The highest BCUT2D eigenvalue weighted by molar-refractivity contribution is 5.93. The Hall–Kier alpha value is -2.08. The minimum Gasteiger partial charge on any atom is -0.385 e. The summed E-state index contributed by atoms with van der Waals surface area (Å²) in [6.07, 6.45) is 1.66. The van der Waals surface area contributed by atoms with E-state index in [1.165, 1.54) is 0 Å². The van der Waals surface area contributed by atoms with Gasteiger partial charge in [0, 0.05) is 46.0 Å². The third-order valence-corrected chi connectivity index (χ3v) is 3.68. The number of rotatable bonds is 6. The molecule has 2 N–H and O–H groups in total. The molecule has 2 rings (SSSR count). The molecule has 0 aromatic heterocycles. The van der Waals surface area contributed by atoms with Gasteiger partial charge in [0.15, 0.2) is 0 Å². The van der Waals surface area contributed by atoms with E-state index in [9.17, 15) is 9.59 Å². The van der Waals surface area contributed by atoms with E-state index in [0.29, 0.717) is 19.7 Å². The van der Waals surface area contributed by atoms with E-state index >= 15 is 0 Å². The van der Waals surface area contributed by atoms with Crippen LogP contribution in [0, 0.1) is 0 Å². The van der Waals surface area contributed by atoms with Crippen molar-refractivity contribution in [1.29, 1.82) is 0 Å². The summed E-state index contributed by atoms with van der Waals surface area (Å²) in [5.74, 6) is 0.0695. The summed E-state index contributed by atoms with van der Waals surface area (Å²) >= 11 is 0. The zero-order valence-electron chi connectivity index (χ0n) is 13.1. The molecule has 3 amide bonds. The standard InChI is InChI=1S/C16H23N3O3/c1-12(20)19-8-6-14-10-13(4-5-15(14)19)11-18-16(21)17-7-3-9-22-2/h4-5,10H,3,6-9,11H2,1-2H3,(H2,17,18,21). The molecule has 1 heterocycles. The van der Waals surface area contributed by atoms with Crippen molar-refractivity contribution in [3.05, 3.63) is 29.3 Å². The number of carbonyl (C=O) groups excluding carboxylic acids is 2. The molecule has 1 aromatic rings. The number of nitrogens with one attached hydrogen (secondary N) is 2. The summed E-state index contributed by atoms with van der Waals surface area (Å²) < 4.78 is 4.92. The number of fused-ring (bicyclic) bond motifs is 1. The predicted molar refractivity (Wildman–Crippen MR) is 84.9 cm³/mol. The molecule has 0 atom stereocenters. The van der Waals surface area contributed by atoms with Crippen LogP contribution in [0.5, 0.6) is 0 Å². The van der Waals surface area contributed by atoms with Gasteiger partial charge in [-0.3, -0.25) is 4.79 Å². The molecular formula is C16H23N3O3. The van der Waals surface area contributed by atoms with Gasteiger partial charge in [0.25, 0.3) is 0 Å². The number of nitrogens with zero attached hydrogens (tertiary/aromatic N) is 1. The summed E-state index contributed by atoms with van der Waals surface area (Å²) in [6.45, 7) is 4.03. The second-order valence-electron chi connectivity index (χ2n) is 5.34. The van der Waals surface area contributed by atoms with Crippen LogP contribution in [0.15, 0.2) is 18.2 Å². The molecule has 1 aliphatic heterocycles. The smallest absolute Gasteiger partial charge is 0.315 e. The molecule has 0 radical (unpaired) electrons. The van der Waals surface area contributed by atoms with E-state index < -0.39 is 0 Å². The van der Waals surface area contributed by atoms with E-state index in [0.717, 1.165) is 36.2 Å². The molecule has 0 unspecified atom stereocenters. The number of hydrogen-bond donors (Lipinski definition) is 2. The van der Waals surface area contributed by atoms with Gasteiger partial charge in [0.1, 0.15) is 0 Å². The van der Waals surface area contributed by atoms with E-state index in [2.05, 4.69) is 16.7 Å². The number of ether oxygens (including phenoxy) is 1. The first-order chi connectivity index (χ1) is 10.6. The van der Waals surface area contributed by atoms with Gasteiger partial charge in [0.05, 0.1) is 0 Å². The van der Waals surface area contributed by atoms with Crippen molar-refractivity contribution in [2.75, 3.05) is 31.7 Å². The first-order valence-electron chi connectivity index (χ1n) is 7.52. The Morgan fingerprint density at radius 3 is 2.86 bits per heavy atom. The molecule has 6 heteroatoms. The maximum absolute atomic E-state index is 11.6. The van der Waals surface area contributed by atoms with E-state index in [1.807, 2.05) is 12.1 Å². The Balaban J connectivity index is 1.82. The van der Waals surface area contributed by atoms with Crippen molar-refractivity contribution in [2.45, 2.75) is 26.3 Å². The van der Waals surface area contributed by atoms with Crippen LogP contribution < -0.4 is 15.5 Å². The zero-order chi connectivity index (χ0) is 15.9. The van der Waals surface area contributed by atoms with Gasteiger partial charge in [-0.05, 0) is 30.0 Å². The van der Waals surface area contributed by atoms with Gasteiger partial charge >= 0.3 is 6.03 Å². The predicted octanol–water partition coefficient (Wildman–Crippen LogP) is 1.43. The fourth-order valence-electron chi connectivity index (χ4n) is 2.56. The number of hydrogen-bond acceptors (Lipinski definition) is 3. The second kappa shape index (κ2) is 7.79. The highest BCUT2D eigenvalue weighted by Crippen LogP contribution is 2.28. The first-order valence-corrected chi connectivity index (χ1v) is 7.52. The number of carbonyl (C=O) groups is 2. The van der Waals surface area contributed by atoms with Gasteiger partial charge in [-0.25, -0.2) is 4.79 Å². The van der Waals surface area contributed by atoms with Crippen LogP contribution in [-0.4, -0.2) is 38.7 Å². The molecule has 0 fully saturated rings. The molecule has 120 valence electrons. The van der Waals surface area contributed by atoms with Crippen LogP contribution >= 0.6 is 0 Å². The quantitative estimate of drug-likeness (QED) is 0.781. The van der Waals surface area contributed by atoms with Gasteiger partial charge < -0.3 is 20.3 Å². The average Bonchev–Trinajstić information content (AvgIpc) is 2.93. The Kier molecular flexibility index (Phi) is 5.77.